The van der Waals surface area contributed by atoms with E-state index in [1.54, 1.807) is 6.92 Å². The molecule has 0 radical (unpaired) electrons. The maximum Gasteiger partial charge on any atom is 0.329 e. The Morgan fingerprint density at radius 2 is 2.00 bits per heavy atom. The van der Waals surface area contributed by atoms with Crippen LogP contribution in [0.2, 0.25) is 0 Å². The van der Waals surface area contributed by atoms with E-state index in [1.165, 1.54) is 0 Å². The largest absolute Gasteiger partial charge is 0.480 e. The van der Waals surface area contributed by atoms with Gasteiger partial charge in [-0.25, -0.2) is 4.79 Å². The molecule has 0 heterocycles. The molecule has 5 heteroatoms. The molecule has 3 unspecified atom stereocenters. The Labute approximate surface area is 133 Å². The van der Waals surface area contributed by atoms with Crippen molar-refractivity contribution in [1.29, 1.82) is 0 Å². The van der Waals surface area contributed by atoms with Gasteiger partial charge in [-0.3, -0.25) is 4.79 Å². The Hall–Kier alpha value is -1.36. The molecule has 0 saturated heterocycles. The zero-order chi connectivity index (χ0) is 15.6. The highest BCUT2D eigenvalue weighted by atomic mass is 79.9. The summed E-state index contributed by atoms with van der Waals surface area (Å²) in [6.07, 6.45) is 1.93. The van der Waals surface area contributed by atoms with Crippen molar-refractivity contribution in [3.63, 3.8) is 0 Å². The molecule has 0 aromatic heterocycles. The molecule has 1 aromatic carbocycles. The summed E-state index contributed by atoms with van der Waals surface area (Å²) in [5, 5.41) is 12.0. The van der Waals surface area contributed by atoms with Gasteiger partial charge in [-0.15, -0.1) is 0 Å². The average Bonchev–Trinajstić information content (AvgIpc) is 3.20. The zero-order valence-electron chi connectivity index (χ0n) is 12.2. The molecule has 114 valence electrons. The predicted octanol–water partition coefficient (Wildman–Crippen LogP) is 3.31. The number of benzene rings is 1. The first-order valence-electron chi connectivity index (χ1n) is 7.18. The number of carboxylic acid groups (broad SMARTS) is 1. The van der Waals surface area contributed by atoms with E-state index in [9.17, 15) is 14.7 Å². The third-order valence-corrected chi connectivity index (χ3v) is 4.58. The topological polar surface area (TPSA) is 66.4 Å². The van der Waals surface area contributed by atoms with Gasteiger partial charge in [-0.05, 0) is 43.4 Å². The molecule has 3 atom stereocenters. The van der Waals surface area contributed by atoms with Gasteiger partial charge in [0.2, 0.25) is 5.91 Å². The van der Waals surface area contributed by atoms with Crippen molar-refractivity contribution in [3.05, 3.63) is 34.3 Å². The molecule has 1 aromatic rings. The molecule has 2 rings (SSSR count). The van der Waals surface area contributed by atoms with Crippen LogP contribution in [0.3, 0.4) is 0 Å². The molecule has 0 bridgehead atoms. The molecule has 1 aliphatic carbocycles. The molecule has 0 aliphatic heterocycles. The number of carbonyl (C=O) groups is 2. The van der Waals surface area contributed by atoms with Gasteiger partial charge in [0, 0.05) is 10.4 Å². The zero-order valence-corrected chi connectivity index (χ0v) is 13.8. The normalized spacial score (nSPS) is 23.2. The molecule has 21 heavy (non-hydrogen) atoms. The molecule has 1 fully saturated rings. The molecular formula is C16H20BrNO3. The second kappa shape index (κ2) is 6.18. The minimum Gasteiger partial charge on any atom is -0.480 e. The highest BCUT2D eigenvalue weighted by Crippen LogP contribution is 2.48. The lowest BCUT2D eigenvalue weighted by Gasteiger charge is -2.25. The van der Waals surface area contributed by atoms with E-state index in [0.717, 1.165) is 16.5 Å². The second-order valence-corrected chi connectivity index (χ2v) is 6.79. The number of rotatable bonds is 6. The van der Waals surface area contributed by atoms with Crippen LogP contribution in [0.25, 0.3) is 0 Å². The second-order valence-electron chi connectivity index (χ2n) is 5.88. The lowest BCUT2D eigenvalue weighted by Crippen LogP contribution is -2.52. The van der Waals surface area contributed by atoms with Crippen molar-refractivity contribution in [2.45, 2.75) is 44.6 Å². The maximum atomic E-state index is 12.3. The Morgan fingerprint density at radius 1 is 1.38 bits per heavy atom. The van der Waals surface area contributed by atoms with E-state index < -0.39 is 11.5 Å². The highest BCUT2D eigenvalue weighted by molar-refractivity contribution is 9.10. The van der Waals surface area contributed by atoms with Crippen LogP contribution in [-0.4, -0.2) is 22.5 Å². The number of aliphatic carboxylic acids is 1. The first kappa shape index (κ1) is 16.0. The number of hydrogen-bond acceptors (Lipinski definition) is 2. The van der Waals surface area contributed by atoms with Crippen molar-refractivity contribution < 1.29 is 14.7 Å². The van der Waals surface area contributed by atoms with E-state index >= 15 is 0 Å². The summed E-state index contributed by atoms with van der Waals surface area (Å²) < 4.78 is 1.01. The van der Waals surface area contributed by atoms with Crippen molar-refractivity contribution in [2.75, 3.05) is 0 Å². The molecule has 0 spiro atoms. The lowest BCUT2D eigenvalue weighted by molar-refractivity contribution is -0.147. The van der Waals surface area contributed by atoms with Gasteiger partial charge in [0.1, 0.15) is 5.54 Å². The third-order valence-electron chi connectivity index (χ3n) is 4.05. The molecule has 1 saturated carbocycles. The van der Waals surface area contributed by atoms with Crippen LogP contribution in [0.15, 0.2) is 28.7 Å². The number of carboxylic acids is 1. The van der Waals surface area contributed by atoms with Crippen LogP contribution in [0.1, 0.15) is 44.6 Å². The van der Waals surface area contributed by atoms with Gasteiger partial charge in [0.05, 0.1) is 0 Å². The Bertz CT molecular complexity index is 543. The van der Waals surface area contributed by atoms with Crippen LogP contribution >= 0.6 is 15.9 Å². The predicted molar refractivity (Wildman–Crippen MR) is 84.1 cm³/mol. The summed E-state index contributed by atoms with van der Waals surface area (Å²) >= 11 is 3.39. The van der Waals surface area contributed by atoms with Gasteiger partial charge in [-0.2, -0.15) is 0 Å². The minimum absolute atomic E-state index is 0.110. The Morgan fingerprint density at radius 3 is 2.52 bits per heavy atom. The fourth-order valence-electron chi connectivity index (χ4n) is 2.65. The lowest BCUT2D eigenvalue weighted by atomic mass is 9.96. The Balaban J connectivity index is 1.99. The number of amides is 1. The van der Waals surface area contributed by atoms with E-state index in [0.29, 0.717) is 12.8 Å². The van der Waals surface area contributed by atoms with Crippen LogP contribution < -0.4 is 5.32 Å². The number of nitrogens with one attached hydrogen (secondary N) is 1. The van der Waals surface area contributed by atoms with Gasteiger partial charge >= 0.3 is 5.97 Å². The van der Waals surface area contributed by atoms with Crippen molar-refractivity contribution in [1.82, 2.24) is 5.32 Å². The quantitative estimate of drug-likeness (QED) is 0.824. The van der Waals surface area contributed by atoms with Crippen molar-refractivity contribution in [2.24, 2.45) is 5.92 Å². The van der Waals surface area contributed by atoms with E-state index in [4.69, 9.17) is 0 Å². The van der Waals surface area contributed by atoms with Crippen LogP contribution in [-0.2, 0) is 9.59 Å². The summed E-state index contributed by atoms with van der Waals surface area (Å²) in [5.74, 6) is -1.03. The minimum atomic E-state index is -1.17. The maximum absolute atomic E-state index is 12.3. The monoisotopic (exact) mass is 353 g/mol. The van der Waals surface area contributed by atoms with Gasteiger partial charge in [-0.1, -0.05) is 41.4 Å². The van der Waals surface area contributed by atoms with E-state index in [2.05, 4.69) is 21.2 Å². The van der Waals surface area contributed by atoms with E-state index in [-0.39, 0.29) is 17.7 Å². The molecule has 1 amide bonds. The Kier molecular flexibility index (Phi) is 4.71. The fourth-order valence-corrected chi connectivity index (χ4v) is 2.91. The van der Waals surface area contributed by atoms with Gasteiger partial charge in [0.15, 0.2) is 0 Å². The standard InChI is InChI=1S/C16H20BrNO3/c1-3-8-16(2,15(20)21)18-14(19)13-9-12(13)10-4-6-11(17)7-5-10/h4-7,12-13H,3,8-9H2,1-2H3,(H,18,19)(H,20,21). The number of hydrogen-bond donors (Lipinski definition) is 2. The van der Waals surface area contributed by atoms with Gasteiger partial charge in [0.25, 0.3) is 0 Å². The van der Waals surface area contributed by atoms with Crippen LogP contribution in [0, 0.1) is 5.92 Å². The average molecular weight is 354 g/mol. The molecule has 1 aliphatic rings. The summed E-state index contributed by atoms with van der Waals surface area (Å²) in [4.78, 5) is 23.6. The van der Waals surface area contributed by atoms with Crippen LogP contribution in [0.4, 0.5) is 0 Å². The smallest absolute Gasteiger partial charge is 0.329 e. The summed E-state index contributed by atoms with van der Waals surface area (Å²) in [7, 11) is 0. The van der Waals surface area contributed by atoms with Gasteiger partial charge < -0.3 is 10.4 Å². The SMILES string of the molecule is CCCC(C)(NC(=O)C1CC1c1ccc(Br)cc1)C(=O)O. The number of carbonyl (C=O) groups excluding carboxylic acids is 1. The third kappa shape index (κ3) is 3.64. The fraction of sp³-hybridized carbons (Fsp3) is 0.500. The highest BCUT2D eigenvalue weighted by Gasteiger charge is 2.46. The summed E-state index contributed by atoms with van der Waals surface area (Å²) in [6, 6.07) is 7.93. The van der Waals surface area contributed by atoms with E-state index in [1.807, 2.05) is 31.2 Å². The first-order valence-corrected chi connectivity index (χ1v) is 7.97. The number of halogens is 1. The first-order chi connectivity index (χ1) is 9.87. The molecule has 4 nitrogen and oxygen atoms in total. The van der Waals surface area contributed by atoms with Crippen LogP contribution in [0.5, 0.6) is 0 Å². The molecule has 2 N–H and O–H groups in total. The summed E-state index contributed by atoms with van der Waals surface area (Å²) in [5.41, 5.74) is -0.0375. The van der Waals surface area contributed by atoms with Crippen molar-refractivity contribution >= 4 is 27.8 Å². The van der Waals surface area contributed by atoms with Crippen molar-refractivity contribution in [3.8, 4) is 0 Å². The summed E-state index contributed by atoms with van der Waals surface area (Å²) in [6.45, 7) is 3.49. The molecular weight excluding hydrogens is 334 g/mol.